The Morgan fingerprint density at radius 2 is 1.16 bits per heavy atom. The zero-order valence-corrected chi connectivity index (χ0v) is 34.2. The van der Waals surface area contributed by atoms with E-state index >= 15 is 0 Å². The van der Waals surface area contributed by atoms with E-state index in [1.807, 2.05) is 42.5 Å². The minimum atomic E-state index is -1.12. The standard InChI is InChI=1S/C18H11ClF2O2.C18H9ClO2.CH2O3.2K.H/c19-14-6-3-5-13(18(14)23)12-9-8-11(16(20)17(12)21)10-4-1-2-7-15(10)22;19-14-6-3-5-11-13-8-12-10-4-1-2-7-15(10)20-16(12)9-17(13)21-18(11)14;2-1-4-3;;;/h1-9,22-23H;1-9H;1,3H;;;/q;;;2*+1;-1/p-1. The van der Waals surface area contributed by atoms with E-state index in [1.165, 1.54) is 42.5 Å². The molecule has 2 aromatic heterocycles. The summed E-state index contributed by atoms with van der Waals surface area (Å²) in [6.07, 6.45) is 0. The van der Waals surface area contributed by atoms with Gasteiger partial charge >= 0.3 is 103 Å². The van der Waals surface area contributed by atoms with E-state index in [-0.39, 0.29) is 149 Å². The first kappa shape index (κ1) is 40.4. The molecule has 50 heavy (non-hydrogen) atoms. The molecule has 8 rings (SSSR count). The molecule has 0 fully saturated rings. The van der Waals surface area contributed by atoms with Crippen LogP contribution in [0.5, 0.6) is 11.5 Å². The zero-order valence-electron chi connectivity index (χ0n) is 27.4. The number of halogens is 4. The SMILES string of the molecule is Clc1cccc2c1oc1cc3oc4ccccc4c3cc12.O=CO[O-].Oc1ccccc1-c1ccc(-c2cccc(Cl)c2O)c(F)c1F.[H-].[K+].[K+]. The molecule has 13 heteroatoms. The number of fused-ring (bicyclic) bond motifs is 6. The average Bonchev–Trinajstić information content (AvgIpc) is 3.65. The van der Waals surface area contributed by atoms with Crippen LogP contribution in [-0.2, 0) is 9.68 Å². The summed E-state index contributed by atoms with van der Waals surface area (Å²) in [5.41, 5.74) is 3.35. The van der Waals surface area contributed by atoms with Gasteiger partial charge in [-0.05, 0) is 30.3 Å². The Bertz CT molecular complexity index is 2470. The summed E-state index contributed by atoms with van der Waals surface area (Å²) in [6.45, 7) is -0.181. The van der Waals surface area contributed by atoms with Gasteiger partial charge in [0.15, 0.2) is 17.2 Å². The Morgan fingerprint density at radius 3 is 1.86 bits per heavy atom. The van der Waals surface area contributed by atoms with Crippen molar-refractivity contribution >= 4 is 73.6 Å². The van der Waals surface area contributed by atoms with Crippen molar-refractivity contribution in [3.63, 3.8) is 0 Å². The smallest absolute Gasteiger partial charge is 1.00 e. The Labute approximate surface area is 379 Å². The third kappa shape index (κ3) is 8.16. The van der Waals surface area contributed by atoms with Crippen LogP contribution in [0.15, 0.2) is 118 Å². The Balaban J connectivity index is 0.000000237. The minimum absolute atomic E-state index is 0. The molecule has 8 aromatic rings. The Kier molecular flexibility index (Phi) is 14.5. The van der Waals surface area contributed by atoms with Gasteiger partial charge in [0, 0.05) is 49.9 Å². The fourth-order valence-electron chi connectivity index (χ4n) is 5.38. The maximum Gasteiger partial charge on any atom is 1.00 e. The van der Waals surface area contributed by atoms with Gasteiger partial charge in [0.05, 0.1) is 10.0 Å². The van der Waals surface area contributed by atoms with E-state index in [0.29, 0.717) is 5.02 Å². The van der Waals surface area contributed by atoms with E-state index in [4.69, 9.17) is 42.1 Å². The average molecular weight is 766 g/mol. The number of para-hydroxylation sites is 4. The summed E-state index contributed by atoms with van der Waals surface area (Å²) >= 11 is 12.0. The van der Waals surface area contributed by atoms with Gasteiger partial charge < -0.3 is 30.6 Å². The molecule has 0 saturated carbocycles. The largest absolute Gasteiger partial charge is 1.00 e. The maximum absolute atomic E-state index is 14.5. The summed E-state index contributed by atoms with van der Waals surface area (Å²) in [4.78, 5) is 11.2. The number of benzene rings is 6. The molecule has 0 unspecified atom stereocenters. The molecule has 0 aliphatic heterocycles. The summed E-state index contributed by atoms with van der Waals surface area (Å²) in [6, 6.07) is 31.1. The fourth-order valence-corrected chi connectivity index (χ4v) is 5.77. The molecule has 0 saturated heterocycles. The summed E-state index contributed by atoms with van der Waals surface area (Å²) in [7, 11) is 0. The summed E-state index contributed by atoms with van der Waals surface area (Å²) in [5.74, 6) is -2.70. The predicted molar refractivity (Wildman–Crippen MR) is 180 cm³/mol. The zero-order chi connectivity index (χ0) is 33.9. The molecule has 0 radical (unpaired) electrons. The molecule has 0 amide bonds. The molecule has 0 atom stereocenters. The van der Waals surface area contributed by atoms with Gasteiger partial charge in [-0.25, -0.2) is 8.78 Å². The maximum atomic E-state index is 14.5. The van der Waals surface area contributed by atoms with Crippen molar-refractivity contribution in [1.82, 2.24) is 0 Å². The van der Waals surface area contributed by atoms with Crippen LogP contribution in [0, 0.1) is 11.6 Å². The van der Waals surface area contributed by atoms with Gasteiger partial charge in [0.25, 0.3) is 6.47 Å². The van der Waals surface area contributed by atoms with E-state index in [1.54, 1.807) is 12.1 Å². The molecule has 7 nitrogen and oxygen atoms in total. The molecule has 0 spiro atoms. The second kappa shape index (κ2) is 17.9. The van der Waals surface area contributed by atoms with E-state index in [0.717, 1.165) is 43.9 Å². The number of furan rings is 2. The topological polar surface area (TPSA) is 116 Å². The fraction of sp³-hybridized carbons (Fsp3) is 0. The van der Waals surface area contributed by atoms with Crippen LogP contribution in [0.1, 0.15) is 1.43 Å². The van der Waals surface area contributed by atoms with Crippen LogP contribution in [-0.4, -0.2) is 16.7 Å². The minimum Gasteiger partial charge on any atom is -1.00 e. The van der Waals surface area contributed by atoms with Gasteiger partial charge in [-0.1, -0.05) is 96.0 Å². The van der Waals surface area contributed by atoms with Gasteiger partial charge in [0.2, 0.25) is 0 Å². The van der Waals surface area contributed by atoms with Crippen molar-refractivity contribution in [2.24, 2.45) is 0 Å². The summed E-state index contributed by atoms with van der Waals surface area (Å²) in [5, 5.41) is 33.2. The van der Waals surface area contributed by atoms with Crippen LogP contribution < -0.4 is 108 Å². The molecule has 0 bridgehead atoms. The molecular formula is C37H22Cl2F2K2O7. The normalized spacial score (nSPS) is 10.4. The van der Waals surface area contributed by atoms with Crippen molar-refractivity contribution in [2.75, 3.05) is 0 Å². The van der Waals surface area contributed by atoms with Gasteiger partial charge in [-0.3, -0.25) is 4.79 Å². The molecule has 2 heterocycles. The van der Waals surface area contributed by atoms with Crippen molar-refractivity contribution in [3.05, 3.63) is 131 Å². The van der Waals surface area contributed by atoms with Crippen LogP contribution in [0.4, 0.5) is 8.78 Å². The van der Waals surface area contributed by atoms with Crippen LogP contribution >= 0.6 is 23.2 Å². The van der Waals surface area contributed by atoms with Crippen LogP contribution in [0.2, 0.25) is 10.0 Å². The quantitative estimate of drug-likeness (QED) is 0.121. The first-order chi connectivity index (χ1) is 23.2. The second-order valence-corrected chi connectivity index (χ2v) is 11.1. The number of hydrogen-bond acceptors (Lipinski definition) is 7. The summed E-state index contributed by atoms with van der Waals surface area (Å²) < 4.78 is 40.7. The number of rotatable bonds is 3. The molecule has 6 aromatic carbocycles. The molecule has 0 aliphatic rings. The number of aromatic hydroxyl groups is 2. The number of carbonyl (C=O) groups excluding carboxylic acids is 1. The predicted octanol–water partition coefficient (Wildman–Crippen LogP) is 4.06. The van der Waals surface area contributed by atoms with E-state index in [2.05, 4.69) is 17.0 Å². The van der Waals surface area contributed by atoms with E-state index in [9.17, 15) is 19.0 Å². The van der Waals surface area contributed by atoms with Crippen molar-refractivity contribution in [2.45, 2.75) is 0 Å². The van der Waals surface area contributed by atoms with Gasteiger partial charge in [0.1, 0.15) is 28.2 Å². The van der Waals surface area contributed by atoms with Crippen molar-refractivity contribution in [3.8, 4) is 33.8 Å². The van der Waals surface area contributed by atoms with Gasteiger partial charge in [-0.15, -0.1) is 0 Å². The molecular weight excluding hydrogens is 743 g/mol. The third-order valence-corrected chi connectivity index (χ3v) is 8.14. The first-order valence-electron chi connectivity index (χ1n) is 14.1. The van der Waals surface area contributed by atoms with Crippen LogP contribution in [0.25, 0.3) is 66.1 Å². The number of phenolic OH excluding ortho intramolecular Hbond substituents is 2. The third-order valence-electron chi connectivity index (χ3n) is 7.54. The molecule has 2 N–H and O–H groups in total. The second-order valence-electron chi connectivity index (χ2n) is 10.3. The van der Waals surface area contributed by atoms with Crippen molar-refractivity contribution in [1.29, 1.82) is 0 Å². The van der Waals surface area contributed by atoms with Crippen molar-refractivity contribution < 1.29 is 147 Å². The number of hydrogen-bond donors (Lipinski definition) is 2. The molecule has 0 aliphatic carbocycles. The van der Waals surface area contributed by atoms with E-state index < -0.39 is 11.6 Å². The molecule has 242 valence electrons. The number of carbonyl (C=O) groups is 1. The van der Waals surface area contributed by atoms with Crippen LogP contribution in [0.3, 0.4) is 0 Å². The number of phenols is 2. The monoisotopic (exact) mass is 764 g/mol. The van der Waals surface area contributed by atoms with Gasteiger partial charge in [-0.2, -0.15) is 0 Å². The Hall–Kier alpha value is -2.34. The first-order valence-corrected chi connectivity index (χ1v) is 14.9. The Morgan fingerprint density at radius 1 is 0.620 bits per heavy atom.